The lowest BCUT2D eigenvalue weighted by atomic mass is 9.97. The van der Waals surface area contributed by atoms with Crippen molar-refractivity contribution in [3.63, 3.8) is 0 Å². The number of hydrogen-bond donors (Lipinski definition) is 2. The zero-order valence-corrected chi connectivity index (χ0v) is 22.2. The summed E-state index contributed by atoms with van der Waals surface area (Å²) in [5.74, 6) is 0.196. The first-order chi connectivity index (χ1) is 15.4. The molecule has 192 valence electrons. The first kappa shape index (κ1) is 29.7. The van der Waals surface area contributed by atoms with Crippen LogP contribution in [0, 0.1) is 0 Å². The zero-order chi connectivity index (χ0) is 25.2. The second kappa shape index (κ2) is 14.1. The Morgan fingerprint density at radius 1 is 1.03 bits per heavy atom. The molecule has 10 heteroatoms. The third-order valence-corrected chi connectivity index (χ3v) is 7.21. The summed E-state index contributed by atoms with van der Waals surface area (Å²) in [6.45, 7) is 13.5. The number of aliphatic hydroxyl groups is 1. The summed E-state index contributed by atoms with van der Waals surface area (Å²) in [5, 5.41) is 10.2. The van der Waals surface area contributed by atoms with E-state index < -0.39 is 23.6 Å². The summed E-state index contributed by atoms with van der Waals surface area (Å²) in [4.78, 5) is 45.7. The largest absolute Gasteiger partial charge is 0.390 e. The van der Waals surface area contributed by atoms with Crippen molar-refractivity contribution in [1.29, 1.82) is 0 Å². The number of rotatable bonds is 14. The third kappa shape index (κ3) is 10.2. The quantitative estimate of drug-likeness (QED) is 0.343. The highest BCUT2D eigenvalue weighted by molar-refractivity contribution is 7.99. The topological polar surface area (TPSA) is 110 Å². The van der Waals surface area contributed by atoms with Crippen molar-refractivity contribution in [2.24, 2.45) is 5.73 Å². The molecule has 0 saturated carbocycles. The second-order valence-corrected chi connectivity index (χ2v) is 10.7. The number of carbonyl (C=O) groups is 3. The molecule has 3 amide bonds. The van der Waals surface area contributed by atoms with Crippen LogP contribution in [0.3, 0.4) is 0 Å². The summed E-state index contributed by atoms with van der Waals surface area (Å²) in [7, 11) is 3.17. The molecule has 1 saturated heterocycles. The number of thioether (sulfide) groups is 1. The molecule has 1 rings (SSSR count). The minimum Gasteiger partial charge on any atom is -0.390 e. The van der Waals surface area contributed by atoms with E-state index in [0.717, 1.165) is 45.0 Å². The number of carbonyl (C=O) groups excluding carboxylic acids is 3. The van der Waals surface area contributed by atoms with Gasteiger partial charge in [-0.3, -0.25) is 19.3 Å². The number of primary amides is 1. The van der Waals surface area contributed by atoms with Crippen LogP contribution >= 0.6 is 11.8 Å². The van der Waals surface area contributed by atoms with E-state index >= 15 is 0 Å². The maximum atomic E-state index is 13.4. The molecule has 1 heterocycles. The highest BCUT2D eigenvalue weighted by atomic mass is 32.2. The van der Waals surface area contributed by atoms with Crippen molar-refractivity contribution >= 4 is 29.5 Å². The maximum Gasteiger partial charge on any atom is 0.246 e. The monoisotopic (exact) mass is 487 g/mol. The molecular weight excluding hydrogens is 442 g/mol. The molecule has 0 aromatic heterocycles. The maximum absolute atomic E-state index is 13.4. The molecule has 9 nitrogen and oxygen atoms in total. The van der Waals surface area contributed by atoms with Gasteiger partial charge < -0.3 is 25.5 Å². The van der Waals surface area contributed by atoms with E-state index in [2.05, 4.69) is 16.7 Å². The molecule has 33 heavy (non-hydrogen) atoms. The van der Waals surface area contributed by atoms with Crippen LogP contribution in [0.5, 0.6) is 0 Å². The van der Waals surface area contributed by atoms with Crippen LogP contribution < -0.4 is 5.73 Å². The lowest BCUT2D eigenvalue weighted by Gasteiger charge is -2.36. The van der Waals surface area contributed by atoms with Gasteiger partial charge in [-0.2, -0.15) is 11.8 Å². The van der Waals surface area contributed by atoms with Gasteiger partial charge >= 0.3 is 0 Å². The van der Waals surface area contributed by atoms with Gasteiger partial charge in [0.2, 0.25) is 17.7 Å². The fourth-order valence-corrected chi connectivity index (χ4v) is 5.06. The molecule has 1 aliphatic rings. The summed E-state index contributed by atoms with van der Waals surface area (Å²) in [6, 6.07) is -1.64. The Balaban J connectivity index is 2.81. The number of likely N-dealkylation sites (N-methyl/N-ethyl adjacent to an activating group) is 3. The summed E-state index contributed by atoms with van der Waals surface area (Å²) in [5.41, 5.74) is 4.39. The van der Waals surface area contributed by atoms with E-state index in [1.165, 1.54) is 16.8 Å². The van der Waals surface area contributed by atoms with Crippen LogP contribution in [0.4, 0.5) is 0 Å². The van der Waals surface area contributed by atoms with Crippen molar-refractivity contribution in [2.75, 3.05) is 64.9 Å². The Hall–Kier alpha value is -1.36. The van der Waals surface area contributed by atoms with E-state index in [0.29, 0.717) is 18.6 Å². The number of nitrogens with zero attached hydrogens (tertiary/aromatic N) is 4. The summed E-state index contributed by atoms with van der Waals surface area (Å²) < 4.78 is 0. The van der Waals surface area contributed by atoms with Gasteiger partial charge in [0.25, 0.3) is 0 Å². The molecule has 0 radical (unpaired) electrons. The highest BCUT2D eigenvalue weighted by Gasteiger charge is 2.36. The van der Waals surface area contributed by atoms with E-state index in [9.17, 15) is 19.5 Å². The molecule has 2 atom stereocenters. The Morgan fingerprint density at radius 3 is 2.09 bits per heavy atom. The van der Waals surface area contributed by atoms with Gasteiger partial charge in [0, 0.05) is 71.2 Å². The molecule has 0 aliphatic carbocycles. The molecule has 0 aromatic rings. The molecule has 0 spiro atoms. The lowest BCUT2D eigenvalue weighted by molar-refractivity contribution is -0.147. The van der Waals surface area contributed by atoms with Crippen LogP contribution in [-0.4, -0.2) is 125 Å². The van der Waals surface area contributed by atoms with Crippen molar-refractivity contribution in [3.8, 4) is 0 Å². The predicted octanol–water partition coefficient (Wildman–Crippen LogP) is 0.458. The molecule has 0 aromatic carbocycles. The van der Waals surface area contributed by atoms with Gasteiger partial charge in [0.15, 0.2) is 0 Å². The van der Waals surface area contributed by atoms with Gasteiger partial charge in [-0.05, 0) is 26.8 Å². The first-order valence-electron chi connectivity index (χ1n) is 12.0. The highest BCUT2D eigenvalue weighted by Crippen LogP contribution is 2.19. The van der Waals surface area contributed by atoms with Crippen molar-refractivity contribution in [2.45, 2.75) is 64.6 Å². The van der Waals surface area contributed by atoms with Crippen molar-refractivity contribution in [1.82, 2.24) is 19.6 Å². The van der Waals surface area contributed by atoms with Gasteiger partial charge in [-0.1, -0.05) is 13.8 Å². The Kier molecular flexibility index (Phi) is 12.7. The van der Waals surface area contributed by atoms with Crippen molar-refractivity contribution < 1.29 is 19.5 Å². The number of piperazine rings is 1. The van der Waals surface area contributed by atoms with Crippen molar-refractivity contribution in [3.05, 3.63) is 0 Å². The fourth-order valence-electron chi connectivity index (χ4n) is 3.92. The first-order valence-corrected chi connectivity index (χ1v) is 13.1. The van der Waals surface area contributed by atoms with E-state index in [1.807, 2.05) is 6.92 Å². The molecule has 1 aliphatic heterocycles. The SMILES string of the molecule is CCCC(=O)N(C)[C@H](CSCCN1CCN(CC)CC1)C(=O)N(C)[C@@H](CC(C)(C)O)C(N)=O. The van der Waals surface area contributed by atoms with Gasteiger partial charge in [-0.25, -0.2) is 0 Å². The van der Waals surface area contributed by atoms with E-state index in [-0.39, 0.29) is 18.2 Å². The average molecular weight is 488 g/mol. The van der Waals surface area contributed by atoms with E-state index in [1.54, 1.807) is 32.7 Å². The molecule has 1 fully saturated rings. The normalized spacial score (nSPS) is 17.4. The van der Waals surface area contributed by atoms with Gasteiger partial charge in [-0.15, -0.1) is 0 Å². The summed E-state index contributed by atoms with van der Waals surface area (Å²) >= 11 is 1.64. The van der Waals surface area contributed by atoms with Crippen LogP contribution in [0.25, 0.3) is 0 Å². The van der Waals surface area contributed by atoms with Crippen LogP contribution in [0.2, 0.25) is 0 Å². The van der Waals surface area contributed by atoms with Crippen LogP contribution in [-0.2, 0) is 14.4 Å². The number of amides is 3. The van der Waals surface area contributed by atoms with Crippen LogP contribution in [0.15, 0.2) is 0 Å². The predicted molar refractivity (Wildman–Crippen MR) is 134 cm³/mol. The standard InChI is InChI=1S/C23H45N5O4S/c1-7-9-20(29)25(5)19(17-33-15-14-28-12-10-27(8-2)11-13-28)22(31)26(6)18(21(24)30)16-23(3,4)32/h18-19,32H,7-17H2,1-6H3,(H2,24,30)/t18-,19+/m0/s1. The lowest BCUT2D eigenvalue weighted by Crippen LogP contribution is -2.56. The van der Waals surface area contributed by atoms with Gasteiger partial charge in [0.05, 0.1) is 5.60 Å². The molecule has 0 unspecified atom stereocenters. The Labute approximate surface area is 204 Å². The smallest absolute Gasteiger partial charge is 0.246 e. The van der Waals surface area contributed by atoms with Crippen LogP contribution in [0.1, 0.15) is 47.0 Å². The number of nitrogens with two attached hydrogens (primary N) is 1. The minimum absolute atomic E-state index is 0.0286. The minimum atomic E-state index is -1.16. The molecular formula is C23H45N5O4S. The average Bonchev–Trinajstić information content (AvgIpc) is 2.76. The Morgan fingerprint density at radius 2 is 1.61 bits per heavy atom. The number of hydrogen-bond acceptors (Lipinski definition) is 7. The fraction of sp³-hybridized carbons (Fsp3) is 0.870. The summed E-state index contributed by atoms with van der Waals surface area (Å²) in [6.07, 6.45) is 1.08. The third-order valence-electron chi connectivity index (χ3n) is 6.19. The molecule has 0 bridgehead atoms. The zero-order valence-electron chi connectivity index (χ0n) is 21.4. The second-order valence-electron chi connectivity index (χ2n) is 9.51. The van der Waals surface area contributed by atoms with E-state index in [4.69, 9.17) is 5.73 Å². The molecule has 3 N–H and O–H groups in total. The Bertz CT molecular complexity index is 635. The van der Waals surface area contributed by atoms with Gasteiger partial charge in [0.1, 0.15) is 12.1 Å².